The second-order valence-electron chi connectivity index (χ2n) is 4.39. The van der Waals surface area contributed by atoms with Gasteiger partial charge < -0.3 is 5.11 Å². The lowest BCUT2D eigenvalue weighted by Gasteiger charge is -2.29. The van der Waals surface area contributed by atoms with Crippen molar-refractivity contribution in [2.24, 2.45) is 0 Å². The maximum Gasteiger partial charge on any atom is 0.416 e. The monoisotopic (exact) mass is 279 g/mol. The molecular weight excluding hydrogens is 267 g/mol. The molecule has 1 aromatic rings. The van der Waals surface area contributed by atoms with Gasteiger partial charge in [0.25, 0.3) is 5.92 Å². The van der Waals surface area contributed by atoms with Gasteiger partial charge in [-0.3, -0.25) is 0 Å². The molecule has 0 bridgehead atoms. The second kappa shape index (κ2) is 4.92. The van der Waals surface area contributed by atoms with E-state index < -0.39 is 29.7 Å². The molecule has 1 N–H and O–H groups in total. The Kier molecular flexibility index (Phi) is 4.05. The van der Waals surface area contributed by atoms with E-state index in [2.05, 4.69) is 0 Å². The highest BCUT2D eigenvalue weighted by atomic mass is 19.4. The first-order valence-electron chi connectivity index (χ1n) is 5.32. The quantitative estimate of drug-likeness (QED) is 0.834. The van der Waals surface area contributed by atoms with Crippen LogP contribution in [0.3, 0.4) is 0 Å². The highest BCUT2D eigenvalue weighted by molar-refractivity contribution is 5.27. The highest BCUT2D eigenvalue weighted by Crippen LogP contribution is 2.35. The van der Waals surface area contributed by atoms with E-state index in [0.717, 1.165) is 25.1 Å². The zero-order valence-corrected chi connectivity index (χ0v) is 10.0. The number of hydrogen-bond donors (Lipinski definition) is 1. The molecule has 1 unspecified atom stereocenters. The minimum absolute atomic E-state index is 0.234. The van der Waals surface area contributed by atoms with Crippen LogP contribution in [0.5, 0.6) is 0 Å². The molecule has 0 heterocycles. The Morgan fingerprint density at radius 2 is 1.79 bits per heavy atom. The maximum absolute atomic E-state index is 13.7. The molecule has 0 saturated heterocycles. The largest absolute Gasteiger partial charge is 0.416 e. The molecular formula is C13H12F5O. The van der Waals surface area contributed by atoms with Crippen molar-refractivity contribution < 1.29 is 27.1 Å². The Hall–Kier alpha value is -1.43. The third-order valence-electron chi connectivity index (χ3n) is 2.75. The van der Waals surface area contributed by atoms with Gasteiger partial charge in [0.2, 0.25) is 0 Å². The Morgan fingerprint density at radius 3 is 2.26 bits per heavy atom. The Balaban J connectivity index is 3.04. The van der Waals surface area contributed by atoms with Crippen LogP contribution in [0.25, 0.3) is 0 Å². The molecule has 6 heteroatoms. The van der Waals surface area contributed by atoms with Crippen molar-refractivity contribution >= 4 is 0 Å². The first-order chi connectivity index (χ1) is 8.49. The lowest BCUT2D eigenvalue weighted by Crippen LogP contribution is -2.45. The van der Waals surface area contributed by atoms with Crippen molar-refractivity contribution in [1.82, 2.24) is 0 Å². The number of rotatable bonds is 4. The first kappa shape index (κ1) is 15.6. The third-order valence-corrected chi connectivity index (χ3v) is 2.75. The van der Waals surface area contributed by atoms with Gasteiger partial charge in [0.05, 0.1) is 5.56 Å². The van der Waals surface area contributed by atoms with Gasteiger partial charge in [0.1, 0.15) is 5.60 Å². The van der Waals surface area contributed by atoms with Crippen molar-refractivity contribution in [2.45, 2.75) is 31.0 Å². The van der Waals surface area contributed by atoms with Crippen LogP contribution in [-0.4, -0.2) is 16.6 Å². The molecule has 1 aromatic carbocycles. The molecule has 0 aliphatic carbocycles. The second-order valence-corrected chi connectivity index (χ2v) is 4.39. The predicted molar refractivity (Wildman–Crippen MR) is 59.6 cm³/mol. The molecule has 1 atom stereocenters. The van der Waals surface area contributed by atoms with Crippen molar-refractivity contribution in [2.75, 3.05) is 0 Å². The van der Waals surface area contributed by atoms with E-state index in [0.29, 0.717) is 12.1 Å². The van der Waals surface area contributed by atoms with E-state index in [4.69, 9.17) is 6.58 Å². The molecule has 1 radical (unpaired) electrons. The van der Waals surface area contributed by atoms with Crippen molar-refractivity contribution in [3.63, 3.8) is 0 Å². The minimum Gasteiger partial charge on any atom is -0.380 e. The zero-order valence-electron chi connectivity index (χ0n) is 10.0. The molecule has 1 rings (SSSR count). The highest BCUT2D eigenvalue weighted by Gasteiger charge is 2.47. The van der Waals surface area contributed by atoms with E-state index in [1.807, 2.05) is 0 Å². The number of aliphatic hydroxyl groups is 1. The topological polar surface area (TPSA) is 20.2 Å². The smallest absolute Gasteiger partial charge is 0.380 e. The summed E-state index contributed by atoms with van der Waals surface area (Å²) in [5.41, 5.74) is -3.85. The molecule has 0 fully saturated rings. The van der Waals surface area contributed by atoms with Crippen LogP contribution in [0.15, 0.2) is 30.3 Å². The summed E-state index contributed by atoms with van der Waals surface area (Å²) in [4.78, 5) is 0. The summed E-state index contributed by atoms with van der Waals surface area (Å²) in [5, 5.41) is 9.39. The minimum atomic E-state index is -4.60. The molecule has 0 aliphatic heterocycles. The normalized spacial score (nSPS) is 15.9. The van der Waals surface area contributed by atoms with Gasteiger partial charge in [-0.1, -0.05) is 24.8 Å². The van der Waals surface area contributed by atoms with E-state index >= 15 is 0 Å². The van der Waals surface area contributed by atoms with Gasteiger partial charge in [-0.25, -0.2) is 8.78 Å². The van der Waals surface area contributed by atoms with Gasteiger partial charge in [-0.15, -0.1) is 0 Å². The zero-order chi connectivity index (χ0) is 14.9. The third kappa shape index (κ3) is 3.53. The number of benzene rings is 1. The summed E-state index contributed by atoms with van der Waals surface area (Å²) in [6, 6.07) is 3.58. The summed E-state index contributed by atoms with van der Waals surface area (Å²) in [5.74, 6) is -3.67. The fraction of sp³-hybridized carbons (Fsp3) is 0.385. The van der Waals surface area contributed by atoms with Crippen LogP contribution in [0.2, 0.25) is 0 Å². The summed E-state index contributed by atoms with van der Waals surface area (Å²) in [7, 11) is 0. The number of halogens is 5. The molecule has 0 saturated carbocycles. The summed E-state index contributed by atoms with van der Waals surface area (Å²) in [6.45, 7) is 5.70. The predicted octanol–water partition coefficient (Wildman–Crippen LogP) is 3.62. The SMILES string of the molecule is [CH]=CC(C)(O)C(F)(F)Cc1cccc(C(F)(F)F)c1. The lowest BCUT2D eigenvalue weighted by atomic mass is 9.92. The van der Waals surface area contributed by atoms with Crippen LogP contribution in [0.1, 0.15) is 18.1 Å². The van der Waals surface area contributed by atoms with Crippen LogP contribution < -0.4 is 0 Å². The Bertz CT molecular complexity index is 462. The first-order valence-corrected chi connectivity index (χ1v) is 5.32. The Morgan fingerprint density at radius 1 is 1.21 bits per heavy atom. The van der Waals surface area contributed by atoms with Crippen LogP contribution >= 0.6 is 0 Å². The molecule has 105 valence electrons. The molecule has 0 spiro atoms. The van der Waals surface area contributed by atoms with E-state index in [1.165, 1.54) is 0 Å². The molecule has 0 aromatic heterocycles. The number of alkyl halides is 5. The van der Waals surface area contributed by atoms with Gasteiger partial charge in [-0.2, -0.15) is 13.2 Å². The maximum atomic E-state index is 13.7. The average Bonchev–Trinajstić information content (AvgIpc) is 2.27. The summed E-state index contributed by atoms with van der Waals surface area (Å²) in [6.07, 6.45) is -5.23. The van der Waals surface area contributed by atoms with Crippen LogP contribution in [-0.2, 0) is 12.6 Å². The average molecular weight is 279 g/mol. The summed E-state index contributed by atoms with van der Waals surface area (Å²) >= 11 is 0. The van der Waals surface area contributed by atoms with Crippen molar-refractivity contribution in [1.29, 1.82) is 0 Å². The standard InChI is InChI=1S/C13H12F5O/c1-3-11(2,19)12(14,15)8-9-5-4-6-10(7-9)13(16,17)18/h1,3-7,19H,8H2,2H3. The van der Waals surface area contributed by atoms with Crippen molar-refractivity contribution in [3.05, 3.63) is 48.0 Å². The molecule has 0 amide bonds. The van der Waals surface area contributed by atoms with Gasteiger partial charge in [-0.05, 0) is 24.6 Å². The van der Waals surface area contributed by atoms with E-state index in [1.54, 1.807) is 0 Å². The van der Waals surface area contributed by atoms with Gasteiger partial charge in [0.15, 0.2) is 0 Å². The number of hydrogen-bond acceptors (Lipinski definition) is 1. The molecule has 0 aliphatic rings. The lowest BCUT2D eigenvalue weighted by molar-refractivity contribution is -0.144. The van der Waals surface area contributed by atoms with Crippen LogP contribution in [0.4, 0.5) is 22.0 Å². The van der Waals surface area contributed by atoms with Gasteiger partial charge in [0, 0.05) is 6.42 Å². The molecule has 1 nitrogen and oxygen atoms in total. The summed E-state index contributed by atoms with van der Waals surface area (Å²) < 4.78 is 64.7. The molecule has 19 heavy (non-hydrogen) atoms. The van der Waals surface area contributed by atoms with E-state index in [9.17, 15) is 27.1 Å². The van der Waals surface area contributed by atoms with E-state index in [-0.39, 0.29) is 5.56 Å². The fourth-order valence-corrected chi connectivity index (χ4v) is 1.41. The van der Waals surface area contributed by atoms with Gasteiger partial charge >= 0.3 is 6.18 Å². The van der Waals surface area contributed by atoms with Crippen LogP contribution in [0, 0.1) is 6.58 Å². The van der Waals surface area contributed by atoms with Crippen molar-refractivity contribution in [3.8, 4) is 0 Å². The fourth-order valence-electron chi connectivity index (χ4n) is 1.41. The Labute approximate surface area is 107 Å².